The number of rotatable bonds is 2. The molecule has 20 heavy (non-hydrogen) atoms. The molecule has 0 spiro atoms. The zero-order valence-corrected chi connectivity index (χ0v) is 12.2. The van der Waals surface area contributed by atoms with E-state index in [1.54, 1.807) is 0 Å². The standard InChI is InChI=1S/C15H17ClN4/c1-12-5-6-15(18-17-12)20-9-7-19(8-10-20)14-4-2-3-13(16)11-14/h2-6,11H,7-10H2,1H3. The quantitative estimate of drug-likeness (QED) is 0.851. The summed E-state index contributed by atoms with van der Waals surface area (Å²) in [6, 6.07) is 12.1. The van der Waals surface area contributed by atoms with Crippen molar-refractivity contribution >= 4 is 23.1 Å². The number of anilines is 2. The minimum Gasteiger partial charge on any atom is -0.368 e. The van der Waals surface area contributed by atoms with Crippen LogP contribution in [0, 0.1) is 6.92 Å². The van der Waals surface area contributed by atoms with E-state index >= 15 is 0 Å². The van der Waals surface area contributed by atoms with Crippen LogP contribution in [0.5, 0.6) is 0 Å². The lowest BCUT2D eigenvalue weighted by Crippen LogP contribution is -2.46. The van der Waals surface area contributed by atoms with Gasteiger partial charge in [-0.1, -0.05) is 17.7 Å². The molecular weight excluding hydrogens is 272 g/mol. The van der Waals surface area contributed by atoms with Crippen molar-refractivity contribution in [3.63, 3.8) is 0 Å². The zero-order valence-electron chi connectivity index (χ0n) is 11.5. The second kappa shape index (κ2) is 5.67. The fraction of sp³-hybridized carbons (Fsp3) is 0.333. The van der Waals surface area contributed by atoms with Gasteiger partial charge in [0.05, 0.1) is 5.69 Å². The predicted molar refractivity (Wildman–Crippen MR) is 82.6 cm³/mol. The highest BCUT2D eigenvalue weighted by Crippen LogP contribution is 2.22. The number of benzene rings is 1. The Morgan fingerprint density at radius 1 is 0.950 bits per heavy atom. The van der Waals surface area contributed by atoms with Gasteiger partial charge in [-0.05, 0) is 37.3 Å². The van der Waals surface area contributed by atoms with Crippen molar-refractivity contribution in [2.24, 2.45) is 0 Å². The smallest absolute Gasteiger partial charge is 0.151 e. The molecule has 0 N–H and O–H groups in total. The van der Waals surface area contributed by atoms with Crippen LogP contribution in [0.3, 0.4) is 0 Å². The molecule has 0 aliphatic carbocycles. The van der Waals surface area contributed by atoms with E-state index in [0.29, 0.717) is 0 Å². The van der Waals surface area contributed by atoms with Crippen LogP contribution in [0.1, 0.15) is 5.69 Å². The monoisotopic (exact) mass is 288 g/mol. The van der Waals surface area contributed by atoms with Gasteiger partial charge >= 0.3 is 0 Å². The summed E-state index contributed by atoms with van der Waals surface area (Å²) in [4.78, 5) is 4.62. The first-order chi connectivity index (χ1) is 9.72. The Hall–Kier alpha value is -1.81. The molecule has 0 amide bonds. The largest absolute Gasteiger partial charge is 0.368 e. The summed E-state index contributed by atoms with van der Waals surface area (Å²) in [5, 5.41) is 9.16. The average Bonchev–Trinajstić information content (AvgIpc) is 2.48. The molecule has 5 heteroatoms. The molecule has 0 bridgehead atoms. The van der Waals surface area contributed by atoms with Crippen molar-refractivity contribution in [1.82, 2.24) is 10.2 Å². The molecule has 1 aromatic carbocycles. The molecule has 1 aromatic heterocycles. The number of aromatic nitrogens is 2. The lowest BCUT2D eigenvalue weighted by atomic mass is 10.2. The summed E-state index contributed by atoms with van der Waals surface area (Å²) >= 11 is 6.05. The molecule has 1 fully saturated rings. The molecule has 0 atom stereocenters. The summed E-state index contributed by atoms with van der Waals surface area (Å²) < 4.78 is 0. The van der Waals surface area contributed by atoms with Crippen LogP contribution in [-0.2, 0) is 0 Å². The number of hydrogen-bond acceptors (Lipinski definition) is 4. The van der Waals surface area contributed by atoms with Crippen molar-refractivity contribution in [2.75, 3.05) is 36.0 Å². The Bertz CT molecular complexity index is 577. The number of hydrogen-bond donors (Lipinski definition) is 0. The third-order valence-electron chi connectivity index (χ3n) is 3.56. The average molecular weight is 289 g/mol. The molecule has 2 heterocycles. The van der Waals surface area contributed by atoms with E-state index in [-0.39, 0.29) is 0 Å². The first-order valence-electron chi connectivity index (χ1n) is 6.78. The van der Waals surface area contributed by atoms with Crippen molar-refractivity contribution in [3.8, 4) is 0 Å². The summed E-state index contributed by atoms with van der Waals surface area (Å²) in [6.07, 6.45) is 0. The molecule has 1 aliphatic rings. The first-order valence-corrected chi connectivity index (χ1v) is 7.16. The van der Waals surface area contributed by atoms with Crippen molar-refractivity contribution < 1.29 is 0 Å². The van der Waals surface area contributed by atoms with Crippen LogP contribution < -0.4 is 9.80 Å². The van der Waals surface area contributed by atoms with Gasteiger partial charge in [-0.2, -0.15) is 5.10 Å². The van der Waals surface area contributed by atoms with E-state index in [1.807, 2.05) is 37.3 Å². The highest BCUT2D eigenvalue weighted by molar-refractivity contribution is 6.30. The summed E-state index contributed by atoms with van der Waals surface area (Å²) in [5.74, 6) is 0.960. The van der Waals surface area contributed by atoms with Gasteiger partial charge in [-0.25, -0.2) is 0 Å². The minimum absolute atomic E-state index is 0.786. The number of halogens is 1. The third-order valence-corrected chi connectivity index (χ3v) is 3.80. The molecule has 4 nitrogen and oxygen atoms in total. The molecule has 104 valence electrons. The van der Waals surface area contributed by atoms with Crippen LogP contribution >= 0.6 is 11.6 Å². The van der Waals surface area contributed by atoms with E-state index in [9.17, 15) is 0 Å². The van der Waals surface area contributed by atoms with E-state index in [2.05, 4.69) is 26.1 Å². The molecule has 0 radical (unpaired) electrons. The van der Waals surface area contributed by atoms with Gasteiger partial charge in [0, 0.05) is 36.9 Å². The maximum atomic E-state index is 6.05. The number of aryl methyl sites for hydroxylation is 1. The Morgan fingerprint density at radius 2 is 1.70 bits per heavy atom. The fourth-order valence-corrected chi connectivity index (χ4v) is 2.61. The Kier molecular flexibility index (Phi) is 3.74. The molecule has 2 aromatic rings. The van der Waals surface area contributed by atoms with Gasteiger partial charge in [0.2, 0.25) is 0 Å². The Labute approximate surface area is 124 Å². The molecular formula is C15H17ClN4. The SMILES string of the molecule is Cc1ccc(N2CCN(c3cccc(Cl)c3)CC2)nn1. The van der Waals surface area contributed by atoms with Gasteiger partial charge in [-0.3, -0.25) is 0 Å². The Morgan fingerprint density at radius 3 is 2.35 bits per heavy atom. The highest BCUT2D eigenvalue weighted by atomic mass is 35.5. The van der Waals surface area contributed by atoms with Gasteiger partial charge in [0.25, 0.3) is 0 Å². The minimum atomic E-state index is 0.786. The maximum absolute atomic E-state index is 6.05. The third kappa shape index (κ3) is 2.85. The summed E-state index contributed by atoms with van der Waals surface area (Å²) in [6.45, 7) is 5.79. The summed E-state index contributed by atoms with van der Waals surface area (Å²) in [5.41, 5.74) is 2.14. The highest BCUT2D eigenvalue weighted by Gasteiger charge is 2.18. The molecule has 1 aliphatic heterocycles. The van der Waals surface area contributed by atoms with Crippen LogP contribution in [0.2, 0.25) is 5.02 Å². The van der Waals surface area contributed by atoms with Gasteiger partial charge < -0.3 is 9.80 Å². The van der Waals surface area contributed by atoms with Gasteiger partial charge in [0.1, 0.15) is 0 Å². The normalized spacial score (nSPS) is 15.5. The van der Waals surface area contributed by atoms with Crippen LogP contribution in [0.4, 0.5) is 11.5 Å². The predicted octanol–water partition coefficient (Wildman–Crippen LogP) is 2.77. The molecule has 3 rings (SSSR count). The van der Waals surface area contributed by atoms with Crippen molar-refractivity contribution in [3.05, 3.63) is 47.1 Å². The van der Waals surface area contributed by atoms with Crippen LogP contribution in [0.25, 0.3) is 0 Å². The van der Waals surface area contributed by atoms with Gasteiger partial charge in [-0.15, -0.1) is 5.10 Å². The molecule has 1 saturated heterocycles. The summed E-state index contributed by atoms with van der Waals surface area (Å²) in [7, 11) is 0. The van der Waals surface area contributed by atoms with E-state index in [0.717, 1.165) is 42.7 Å². The van der Waals surface area contributed by atoms with Gasteiger partial charge in [0.15, 0.2) is 5.82 Å². The fourth-order valence-electron chi connectivity index (χ4n) is 2.43. The molecule has 0 saturated carbocycles. The number of piperazine rings is 1. The van der Waals surface area contributed by atoms with Crippen molar-refractivity contribution in [1.29, 1.82) is 0 Å². The van der Waals surface area contributed by atoms with E-state index in [1.165, 1.54) is 5.69 Å². The van der Waals surface area contributed by atoms with Crippen molar-refractivity contribution in [2.45, 2.75) is 6.92 Å². The lowest BCUT2D eigenvalue weighted by molar-refractivity contribution is 0.643. The van der Waals surface area contributed by atoms with E-state index < -0.39 is 0 Å². The van der Waals surface area contributed by atoms with E-state index in [4.69, 9.17) is 11.6 Å². The topological polar surface area (TPSA) is 32.3 Å². The van der Waals surface area contributed by atoms with Crippen LogP contribution in [-0.4, -0.2) is 36.4 Å². The number of nitrogens with zero attached hydrogens (tertiary/aromatic N) is 4. The zero-order chi connectivity index (χ0) is 13.9. The first kappa shape index (κ1) is 13.2. The maximum Gasteiger partial charge on any atom is 0.151 e. The van der Waals surface area contributed by atoms with Crippen LogP contribution in [0.15, 0.2) is 36.4 Å². The lowest BCUT2D eigenvalue weighted by Gasteiger charge is -2.36. The molecule has 0 unspecified atom stereocenters. The second-order valence-electron chi connectivity index (χ2n) is 4.99. The Balaban J connectivity index is 1.66. The second-order valence-corrected chi connectivity index (χ2v) is 5.42.